The standard InChI is InChI=1S/C30H45N5O3S2/c1-4-7-10-11-12-16-21-38-28-23-27-29(22-26(28)32-31)39-30(35(27)24-25-17-14-13-15-18-25)33-40(36,37)34(19-8-5-2)20-9-6-3/h13-15,17-18,22-23,31H,4-12,16,19-21,24H2,1-3H3/b32-31?,33-30-. The van der Waals surface area contributed by atoms with E-state index in [-0.39, 0.29) is 0 Å². The number of hydrogen-bond acceptors (Lipinski definition) is 6. The fourth-order valence-electron chi connectivity index (χ4n) is 4.51. The molecule has 0 amide bonds. The Hall–Kier alpha value is -2.56. The first-order valence-electron chi connectivity index (χ1n) is 14.7. The first-order valence-corrected chi connectivity index (χ1v) is 16.9. The van der Waals surface area contributed by atoms with E-state index in [4.69, 9.17) is 10.3 Å². The van der Waals surface area contributed by atoms with E-state index in [0.717, 1.165) is 54.3 Å². The minimum atomic E-state index is -3.88. The fraction of sp³-hybridized carbons (Fsp3) is 0.567. The number of nitrogens with one attached hydrogen (secondary N) is 1. The predicted octanol–water partition coefficient (Wildman–Crippen LogP) is 8.20. The Kier molecular flexibility index (Phi) is 13.3. The number of rotatable bonds is 19. The van der Waals surface area contributed by atoms with E-state index in [2.05, 4.69) is 30.3 Å². The zero-order valence-electron chi connectivity index (χ0n) is 24.3. The van der Waals surface area contributed by atoms with Crippen molar-refractivity contribution in [2.24, 2.45) is 9.51 Å². The number of fused-ring (bicyclic) bond motifs is 1. The Morgan fingerprint density at radius 3 is 2.20 bits per heavy atom. The molecule has 40 heavy (non-hydrogen) atoms. The normalized spacial score (nSPS) is 12.4. The summed E-state index contributed by atoms with van der Waals surface area (Å²) in [6.07, 6.45) is 10.4. The molecule has 0 saturated carbocycles. The monoisotopic (exact) mass is 587 g/mol. The van der Waals surface area contributed by atoms with Crippen molar-refractivity contribution in [2.75, 3.05) is 19.7 Å². The molecule has 0 bridgehead atoms. The van der Waals surface area contributed by atoms with Crippen molar-refractivity contribution in [2.45, 2.75) is 91.5 Å². The molecular formula is C30H45N5O3S2. The molecular weight excluding hydrogens is 542 g/mol. The van der Waals surface area contributed by atoms with Gasteiger partial charge in [-0.1, -0.05) is 107 Å². The minimum absolute atomic E-state index is 0.404. The zero-order valence-corrected chi connectivity index (χ0v) is 25.9. The number of nitrogens with zero attached hydrogens (tertiary/aromatic N) is 4. The number of unbranched alkanes of at least 4 members (excludes halogenated alkanes) is 7. The minimum Gasteiger partial charge on any atom is -0.491 e. The van der Waals surface area contributed by atoms with E-state index in [1.165, 1.54) is 41.3 Å². The van der Waals surface area contributed by atoms with Crippen molar-refractivity contribution < 1.29 is 13.2 Å². The second-order valence-corrected chi connectivity index (χ2v) is 12.8. The molecule has 10 heteroatoms. The maximum atomic E-state index is 13.5. The molecule has 1 N–H and O–H groups in total. The van der Waals surface area contributed by atoms with Crippen LogP contribution in [0, 0.1) is 5.53 Å². The Morgan fingerprint density at radius 2 is 1.55 bits per heavy atom. The van der Waals surface area contributed by atoms with Crippen molar-refractivity contribution in [3.05, 3.63) is 52.8 Å². The van der Waals surface area contributed by atoms with Gasteiger partial charge in [-0.15, -0.1) is 4.40 Å². The molecule has 3 aromatic rings. The lowest BCUT2D eigenvalue weighted by Crippen LogP contribution is -2.33. The van der Waals surface area contributed by atoms with Gasteiger partial charge in [0.25, 0.3) is 0 Å². The highest BCUT2D eigenvalue weighted by molar-refractivity contribution is 7.87. The highest BCUT2D eigenvalue weighted by Gasteiger charge is 2.22. The SMILES string of the molecule is CCCCCCCCOc1cc2c(cc1N=N)s/c(=N\S(=O)(=O)N(CCCC)CCCC)n2Cc1ccccc1. The molecule has 1 aromatic heterocycles. The lowest BCUT2D eigenvalue weighted by molar-refractivity contribution is 0.305. The van der Waals surface area contributed by atoms with Crippen molar-refractivity contribution in [1.29, 1.82) is 5.53 Å². The molecule has 0 spiro atoms. The van der Waals surface area contributed by atoms with Gasteiger partial charge in [0.2, 0.25) is 4.80 Å². The third kappa shape index (κ3) is 9.24. The average molecular weight is 588 g/mol. The molecule has 3 rings (SSSR count). The summed E-state index contributed by atoms with van der Waals surface area (Å²) in [7, 11) is -3.88. The van der Waals surface area contributed by atoms with Crippen molar-refractivity contribution in [1.82, 2.24) is 8.87 Å². The molecule has 0 radical (unpaired) electrons. The molecule has 0 saturated heterocycles. The van der Waals surface area contributed by atoms with Crippen molar-refractivity contribution in [3.63, 3.8) is 0 Å². The van der Waals surface area contributed by atoms with Crippen molar-refractivity contribution >= 4 is 37.5 Å². The number of thiazole rings is 1. The molecule has 220 valence electrons. The summed E-state index contributed by atoms with van der Waals surface area (Å²) >= 11 is 1.30. The van der Waals surface area contributed by atoms with Gasteiger partial charge in [0.05, 0.1) is 23.4 Å². The highest BCUT2D eigenvalue weighted by atomic mass is 32.2. The Balaban J connectivity index is 2.02. The molecule has 0 aliphatic carbocycles. The molecule has 0 atom stereocenters. The van der Waals surface area contributed by atoms with Gasteiger partial charge < -0.3 is 9.30 Å². The zero-order chi connectivity index (χ0) is 28.8. The van der Waals surface area contributed by atoms with Gasteiger partial charge in [-0.2, -0.15) is 17.8 Å². The molecule has 8 nitrogen and oxygen atoms in total. The van der Waals surface area contributed by atoms with Gasteiger partial charge in [-0.25, -0.2) is 5.53 Å². The summed E-state index contributed by atoms with van der Waals surface area (Å²) in [4.78, 5) is 0.404. The first kappa shape index (κ1) is 32.0. The van der Waals surface area contributed by atoms with Crippen molar-refractivity contribution in [3.8, 4) is 5.75 Å². The Morgan fingerprint density at radius 1 is 0.900 bits per heavy atom. The molecule has 0 aliphatic rings. The summed E-state index contributed by atoms with van der Waals surface area (Å²) in [5, 5.41) is 3.72. The van der Waals surface area contributed by atoms with Gasteiger partial charge in [0, 0.05) is 19.2 Å². The van der Waals surface area contributed by atoms with Gasteiger partial charge in [0.1, 0.15) is 11.4 Å². The van der Waals surface area contributed by atoms with E-state index < -0.39 is 10.2 Å². The quantitative estimate of drug-likeness (QED) is 0.113. The van der Waals surface area contributed by atoms with Gasteiger partial charge in [-0.05, 0) is 30.9 Å². The Bertz CT molecular complexity index is 1360. The predicted molar refractivity (Wildman–Crippen MR) is 165 cm³/mol. The van der Waals surface area contributed by atoms with Gasteiger partial charge in [0.15, 0.2) is 0 Å². The number of aromatic nitrogens is 1. The summed E-state index contributed by atoms with van der Waals surface area (Å²) in [6, 6.07) is 13.6. The van der Waals surface area contributed by atoms with E-state index in [0.29, 0.717) is 42.5 Å². The van der Waals surface area contributed by atoms with Crippen LogP contribution in [0.2, 0.25) is 0 Å². The molecule has 0 unspecified atom stereocenters. The van der Waals surface area contributed by atoms with Crippen LogP contribution in [0.1, 0.15) is 90.5 Å². The van der Waals surface area contributed by atoms with Crippen LogP contribution in [0.3, 0.4) is 0 Å². The summed E-state index contributed by atoms with van der Waals surface area (Å²) in [5.74, 6) is 0.539. The highest BCUT2D eigenvalue weighted by Crippen LogP contribution is 2.34. The molecule has 0 fully saturated rings. The van der Waals surface area contributed by atoms with E-state index >= 15 is 0 Å². The second kappa shape index (κ2) is 16.6. The third-order valence-electron chi connectivity index (χ3n) is 6.86. The van der Waals surface area contributed by atoms with Crippen LogP contribution in [0.4, 0.5) is 5.69 Å². The van der Waals surface area contributed by atoms with E-state index in [1.54, 1.807) is 0 Å². The van der Waals surface area contributed by atoms with Gasteiger partial charge in [-0.3, -0.25) is 0 Å². The molecule has 2 aromatic carbocycles. The smallest absolute Gasteiger partial charge is 0.325 e. The maximum absolute atomic E-state index is 13.5. The largest absolute Gasteiger partial charge is 0.491 e. The maximum Gasteiger partial charge on any atom is 0.325 e. The number of benzene rings is 2. The number of hydrogen-bond donors (Lipinski definition) is 1. The van der Waals surface area contributed by atoms with Crippen LogP contribution in [0.15, 0.2) is 52.0 Å². The van der Waals surface area contributed by atoms with Gasteiger partial charge >= 0.3 is 10.2 Å². The van der Waals surface area contributed by atoms with Crippen LogP contribution in [0.25, 0.3) is 10.2 Å². The molecule has 0 aliphatic heterocycles. The van der Waals surface area contributed by atoms with Crippen LogP contribution in [-0.4, -0.2) is 37.0 Å². The lowest BCUT2D eigenvalue weighted by atomic mass is 10.1. The van der Waals surface area contributed by atoms with Crippen LogP contribution in [0.5, 0.6) is 5.75 Å². The van der Waals surface area contributed by atoms with Crippen LogP contribution in [-0.2, 0) is 16.8 Å². The fourth-order valence-corrected chi connectivity index (χ4v) is 6.99. The average Bonchev–Trinajstić information content (AvgIpc) is 3.27. The number of ether oxygens (including phenoxy) is 1. The second-order valence-electron chi connectivity index (χ2n) is 10.1. The van der Waals surface area contributed by atoms with E-state index in [9.17, 15) is 8.42 Å². The third-order valence-corrected chi connectivity index (χ3v) is 9.44. The molecule has 1 heterocycles. The first-order chi connectivity index (χ1) is 19.4. The lowest BCUT2D eigenvalue weighted by Gasteiger charge is -2.18. The van der Waals surface area contributed by atoms with E-state index in [1.807, 2.05) is 47.0 Å². The van der Waals surface area contributed by atoms with Crippen LogP contribution >= 0.6 is 11.3 Å². The Labute approximate surface area is 243 Å². The summed E-state index contributed by atoms with van der Waals surface area (Å²) < 4.78 is 41.8. The van der Waals surface area contributed by atoms with Crippen LogP contribution < -0.4 is 9.54 Å². The summed E-state index contributed by atoms with van der Waals surface area (Å²) in [5.41, 5.74) is 10.0. The summed E-state index contributed by atoms with van der Waals surface area (Å²) in [6.45, 7) is 8.27. The topological polar surface area (TPSA) is 100 Å².